The van der Waals surface area contributed by atoms with Gasteiger partial charge in [0.05, 0.1) is 34.6 Å². The molecule has 0 aliphatic heterocycles. The first-order valence-corrected chi connectivity index (χ1v) is 13.7. The number of aromatic nitrogens is 3. The molecule has 6 rings (SSSR count). The van der Waals surface area contributed by atoms with Crippen LogP contribution in [0.4, 0.5) is 5.82 Å². The monoisotopic (exact) mass is 536 g/mol. The first-order valence-electron chi connectivity index (χ1n) is 12.2. The maximum absolute atomic E-state index is 13.8. The molecular formula is C30H24N4O4S. The van der Waals surface area contributed by atoms with Gasteiger partial charge in [0, 0.05) is 5.39 Å². The molecule has 9 heteroatoms. The van der Waals surface area contributed by atoms with Crippen LogP contribution in [0.1, 0.15) is 5.56 Å². The fourth-order valence-electron chi connectivity index (χ4n) is 4.75. The number of benzene rings is 4. The van der Waals surface area contributed by atoms with E-state index in [0.29, 0.717) is 23.1 Å². The average Bonchev–Trinajstić information content (AvgIpc) is 3.33. The van der Waals surface area contributed by atoms with Crippen molar-refractivity contribution in [1.82, 2.24) is 14.3 Å². The van der Waals surface area contributed by atoms with Crippen LogP contribution >= 0.6 is 0 Å². The molecule has 6 aromatic rings. The third kappa shape index (κ3) is 4.13. The van der Waals surface area contributed by atoms with Crippen molar-refractivity contribution in [1.29, 1.82) is 0 Å². The van der Waals surface area contributed by atoms with E-state index in [1.54, 1.807) is 54.1 Å². The highest BCUT2D eigenvalue weighted by Gasteiger charge is 2.21. The van der Waals surface area contributed by atoms with Gasteiger partial charge in [-0.15, -0.1) is 0 Å². The third-order valence-corrected chi connectivity index (χ3v) is 8.56. The molecule has 0 aliphatic rings. The van der Waals surface area contributed by atoms with Crippen molar-refractivity contribution in [3.05, 3.63) is 119 Å². The van der Waals surface area contributed by atoms with Crippen molar-refractivity contribution in [3.8, 4) is 11.4 Å². The van der Waals surface area contributed by atoms with Crippen molar-refractivity contribution in [2.24, 2.45) is 0 Å². The fourth-order valence-corrected chi connectivity index (χ4v) is 6.04. The zero-order chi connectivity index (χ0) is 27.1. The quantitative estimate of drug-likeness (QED) is 0.327. The Morgan fingerprint density at radius 2 is 1.46 bits per heavy atom. The number of para-hydroxylation sites is 1. The van der Waals surface area contributed by atoms with Gasteiger partial charge in [-0.2, -0.15) is 5.10 Å². The van der Waals surface area contributed by atoms with Gasteiger partial charge in [-0.05, 0) is 60.2 Å². The zero-order valence-electron chi connectivity index (χ0n) is 21.0. The lowest BCUT2D eigenvalue weighted by Crippen LogP contribution is -2.22. The fraction of sp³-hybridized carbons (Fsp3) is 0.0667. The highest BCUT2D eigenvalue weighted by Crippen LogP contribution is 2.29. The van der Waals surface area contributed by atoms with Crippen molar-refractivity contribution in [2.75, 3.05) is 12.8 Å². The number of anilines is 1. The summed E-state index contributed by atoms with van der Waals surface area (Å²) >= 11 is 0. The van der Waals surface area contributed by atoms with Crippen molar-refractivity contribution in [3.63, 3.8) is 0 Å². The molecule has 0 spiro atoms. The third-order valence-electron chi connectivity index (χ3n) is 6.77. The zero-order valence-corrected chi connectivity index (χ0v) is 21.8. The van der Waals surface area contributed by atoms with Crippen LogP contribution < -0.4 is 16.0 Å². The number of pyridine rings is 1. The molecule has 194 valence electrons. The Hall–Kier alpha value is -4.89. The summed E-state index contributed by atoms with van der Waals surface area (Å²) in [4.78, 5) is 14.2. The number of rotatable bonds is 6. The molecule has 0 atom stereocenters. The van der Waals surface area contributed by atoms with Gasteiger partial charge >= 0.3 is 0 Å². The van der Waals surface area contributed by atoms with Crippen molar-refractivity contribution in [2.45, 2.75) is 16.3 Å². The summed E-state index contributed by atoms with van der Waals surface area (Å²) < 4.78 is 34.4. The second-order valence-electron chi connectivity index (χ2n) is 9.09. The standard InChI is InChI=1S/C30H24N4O4S/c1-38-22-15-11-20(12-16-22)19-33-26-10-6-5-9-25(26)28-27(30(33)35)29(31)34(32-28)21-13-17-24(18-14-21)39(36,37)23-7-3-2-4-8-23/h2-18H,19,31H2,1H3. The van der Waals surface area contributed by atoms with Gasteiger partial charge in [0.2, 0.25) is 9.84 Å². The molecule has 0 saturated carbocycles. The summed E-state index contributed by atoms with van der Waals surface area (Å²) in [6.45, 7) is 0.343. The normalized spacial score (nSPS) is 11.7. The lowest BCUT2D eigenvalue weighted by atomic mass is 10.1. The second-order valence-corrected chi connectivity index (χ2v) is 11.0. The molecule has 0 amide bonds. The lowest BCUT2D eigenvalue weighted by Gasteiger charge is -2.11. The minimum Gasteiger partial charge on any atom is -0.497 e. The van der Waals surface area contributed by atoms with E-state index in [0.717, 1.165) is 22.2 Å². The molecule has 0 radical (unpaired) electrons. The molecule has 0 saturated heterocycles. The van der Waals surface area contributed by atoms with Crippen LogP contribution in [0, 0.1) is 0 Å². The number of fused-ring (bicyclic) bond motifs is 3. The van der Waals surface area contributed by atoms with Crippen LogP contribution in [-0.4, -0.2) is 29.9 Å². The molecule has 2 N–H and O–H groups in total. The van der Waals surface area contributed by atoms with Gasteiger partial charge in [-0.3, -0.25) is 4.79 Å². The maximum Gasteiger partial charge on any atom is 0.264 e. The number of sulfone groups is 1. The van der Waals surface area contributed by atoms with Crippen molar-refractivity contribution < 1.29 is 13.2 Å². The molecule has 2 aromatic heterocycles. The molecule has 2 heterocycles. The van der Waals surface area contributed by atoms with Gasteiger partial charge in [0.25, 0.3) is 5.56 Å². The van der Waals surface area contributed by atoms with E-state index in [9.17, 15) is 13.2 Å². The minimum absolute atomic E-state index is 0.153. The van der Waals surface area contributed by atoms with Crippen LogP contribution in [0.25, 0.3) is 27.5 Å². The van der Waals surface area contributed by atoms with Crippen molar-refractivity contribution >= 4 is 37.5 Å². The topological polar surface area (TPSA) is 109 Å². The Kier molecular flexibility index (Phi) is 5.92. The van der Waals surface area contributed by atoms with Crippen LogP contribution in [0.5, 0.6) is 5.75 Å². The van der Waals surface area contributed by atoms with E-state index in [1.807, 2.05) is 48.5 Å². The molecule has 39 heavy (non-hydrogen) atoms. The van der Waals surface area contributed by atoms with E-state index >= 15 is 0 Å². The molecule has 0 bridgehead atoms. The minimum atomic E-state index is -3.67. The average molecular weight is 537 g/mol. The van der Waals surface area contributed by atoms with E-state index in [2.05, 4.69) is 0 Å². The van der Waals surface area contributed by atoms with Gasteiger partial charge < -0.3 is 15.0 Å². The van der Waals surface area contributed by atoms with E-state index in [-0.39, 0.29) is 21.2 Å². The lowest BCUT2D eigenvalue weighted by molar-refractivity contribution is 0.414. The van der Waals surface area contributed by atoms with Gasteiger partial charge in [-0.1, -0.05) is 48.5 Å². The Balaban J connectivity index is 1.47. The molecule has 4 aromatic carbocycles. The number of methoxy groups -OCH3 is 1. The highest BCUT2D eigenvalue weighted by atomic mass is 32.2. The summed E-state index contributed by atoms with van der Waals surface area (Å²) in [5.41, 5.74) is 8.97. The molecule has 0 aliphatic carbocycles. The largest absolute Gasteiger partial charge is 0.497 e. The second kappa shape index (κ2) is 9.45. The summed E-state index contributed by atoms with van der Waals surface area (Å²) in [5, 5.41) is 5.80. The highest BCUT2D eigenvalue weighted by molar-refractivity contribution is 7.91. The number of nitrogens with two attached hydrogens (primary N) is 1. The summed E-state index contributed by atoms with van der Waals surface area (Å²) in [5.74, 6) is 0.919. The van der Waals surface area contributed by atoms with Crippen LogP contribution in [0.3, 0.4) is 0 Å². The Morgan fingerprint density at radius 1 is 0.821 bits per heavy atom. The predicted octanol–water partition coefficient (Wildman–Crippen LogP) is 4.81. The van der Waals surface area contributed by atoms with Crippen LogP contribution in [0.2, 0.25) is 0 Å². The van der Waals surface area contributed by atoms with Gasteiger partial charge in [-0.25, -0.2) is 13.1 Å². The summed E-state index contributed by atoms with van der Waals surface area (Å²) in [7, 11) is -2.06. The van der Waals surface area contributed by atoms with E-state index < -0.39 is 9.84 Å². The summed E-state index contributed by atoms with van der Waals surface area (Å²) in [6, 6.07) is 29.7. The Morgan fingerprint density at radius 3 is 2.15 bits per heavy atom. The number of hydrogen-bond donors (Lipinski definition) is 1. The van der Waals surface area contributed by atoms with E-state index in [4.69, 9.17) is 15.6 Å². The number of ether oxygens (including phenoxy) is 1. The number of nitrogens with zero attached hydrogens (tertiary/aromatic N) is 3. The van der Waals surface area contributed by atoms with Gasteiger partial charge in [0.1, 0.15) is 22.5 Å². The first-order chi connectivity index (χ1) is 18.9. The van der Waals surface area contributed by atoms with E-state index in [1.165, 1.54) is 16.8 Å². The molecule has 0 fully saturated rings. The van der Waals surface area contributed by atoms with Crippen LogP contribution in [-0.2, 0) is 16.4 Å². The SMILES string of the molecule is COc1ccc(Cn2c(=O)c3c(N)n(-c4ccc(S(=O)(=O)c5ccccc5)cc4)nc3c3ccccc32)cc1. The Labute approximate surface area is 224 Å². The van der Waals surface area contributed by atoms with Crippen LogP contribution in [0.15, 0.2) is 118 Å². The maximum atomic E-state index is 13.8. The number of hydrogen-bond acceptors (Lipinski definition) is 6. The smallest absolute Gasteiger partial charge is 0.264 e. The van der Waals surface area contributed by atoms with Gasteiger partial charge in [0.15, 0.2) is 0 Å². The first kappa shape index (κ1) is 24.4. The Bertz CT molecular complexity index is 2000. The molecule has 0 unspecified atom stereocenters. The number of nitrogen functional groups attached to an aromatic ring is 1. The predicted molar refractivity (Wildman–Crippen MR) is 151 cm³/mol. The summed E-state index contributed by atoms with van der Waals surface area (Å²) in [6.07, 6.45) is 0. The molecular weight excluding hydrogens is 512 g/mol. The molecule has 8 nitrogen and oxygen atoms in total.